The molecule has 1 unspecified atom stereocenters. The zero-order chi connectivity index (χ0) is 20.4. The van der Waals surface area contributed by atoms with Crippen LogP contribution >= 0.6 is 11.6 Å². The molecule has 2 heterocycles. The summed E-state index contributed by atoms with van der Waals surface area (Å²) in [5, 5.41) is 9.97. The van der Waals surface area contributed by atoms with E-state index in [0.29, 0.717) is 30.0 Å². The third-order valence-corrected chi connectivity index (χ3v) is 5.43. The second kappa shape index (κ2) is 8.01. The smallest absolute Gasteiger partial charge is 0.326 e. The first kappa shape index (κ1) is 19.1. The van der Waals surface area contributed by atoms with Crippen LogP contribution in [0.2, 0.25) is 5.02 Å². The number of carbonyl (C=O) groups is 2. The molecule has 1 aromatic heterocycles. The van der Waals surface area contributed by atoms with Crippen molar-refractivity contribution in [3.05, 3.63) is 71.8 Å². The summed E-state index contributed by atoms with van der Waals surface area (Å²) in [5.41, 5.74) is 3.60. The van der Waals surface area contributed by atoms with E-state index in [1.165, 1.54) is 11.2 Å². The maximum Gasteiger partial charge on any atom is 0.326 e. The highest BCUT2D eigenvalue weighted by atomic mass is 35.5. The lowest BCUT2D eigenvalue weighted by Crippen LogP contribution is -2.40. The predicted molar refractivity (Wildman–Crippen MR) is 110 cm³/mol. The minimum absolute atomic E-state index is 0.293. The van der Waals surface area contributed by atoms with E-state index >= 15 is 0 Å². The first-order chi connectivity index (χ1) is 14.1. The number of halogens is 1. The number of hydrogen-bond donors (Lipinski definition) is 1. The summed E-state index contributed by atoms with van der Waals surface area (Å²) in [6.07, 6.45) is 6.00. The fourth-order valence-electron chi connectivity index (χ4n) is 3.70. The third-order valence-electron chi connectivity index (χ3n) is 5.10. The van der Waals surface area contributed by atoms with Crippen LogP contribution in [0.3, 0.4) is 0 Å². The van der Waals surface area contributed by atoms with Gasteiger partial charge in [-0.15, -0.1) is 0 Å². The molecule has 4 rings (SSSR count). The molecule has 1 fully saturated rings. The molecular weight excluding hydrogens is 390 g/mol. The van der Waals surface area contributed by atoms with Crippen molar-refractivity contribution in [3.63, 3.8) is 0 Å². The number of carboxylic acid groups (broad SMARTS) is 1. The van der Waals surface area contributed by atoms with Gasteiger partial charge in [-0.05, 0) is 42.2 Å². The standard InChI is InChI=1S/C22H18ClN3O3/c23-19-5-2-1-4-17(19)18-10-14(7-8-16(18)15-11-24-13-25-12-15)21(27)26-9-3-6-20(26)22(28)29/h1-2,4-5,7-8,10-13,20H,3,6,9H2,(H,28,29). The highest BCUT2D eigenvalue weighted by molar-refractivity contribution is 6.33. The minimum atomic E-state index is -0.972. The predicted octanol–water partition coefficient (Wildman–Crippen LogP) is 4.15. The number of benzene rings is 2. The van der Waals surface area contributed by atoms with Crippen LogP contribution in [0.5, 0.6) is 0 Å². The second-order valence-electron chi connectivity index (χ2n) is 6.86. The molecule has 1 atom stereocenters. The van der Waals surface area contributed by atoms with Crippen LogP contribution in [-0.4, -0.2) is 44.4 Å². The van der Waals surface area contributed by atoms with Gasteiger partial charge >= 0.3 is 5.97 Å². The number of rotatable bonds is 4. The van der Waals surface area contributed by atoms with Crippen molar-refractivity contribution in [1.82, 2.24) is 14.9 Å². The van der Waals surface area contributed by atoms with E-state index in [9.17, 15) is 14.7 Å². The fourth-order valence-corrected chi connectivity index (χ4v) is 3.94. The number of aromatic nitrogens is 2. The number of likely N-dealkylation sites (tertiary alicyclic amines) is 1. The fraction of sp³-hybridized carbons (Fsp3) is 0.182. The first-order valence-electron chi connectivity index (χ1n) is 9.24. The van der Waals surface area contributed by atoms with E-state index in [1.54, 1.807) is 30.6 Å². The van der Waals surface area contributed by atoms with Crippen LogP contribution in [0.1, 0.15) is 23.2 Å². The van der Waals surface area contributed by atoms with E-state index in [4.69, 9.17) is 11.6 Å². The molecule has 1 amide bonds. The van der Waals surface area contributed by atoms with Gasteiger partial charge in [0, 0.05) is 40.7 Å². The van der Waals surface area contributed by atoms with Gasteiger partial charge in [0.05, 0.1) is 0 Å². The summed E-state index contributed by atoms with van der Waals surface area (Å²) in [4.78, 5) is 34.2. The lowest BCUT2D eigenvalue weighted by molar-refractivity contribution is -0.141. The maximum absolute atomic E-state index is 13.1. The number of carboxylic acids is 1. The molecule has 146 valence electrons. The molecule has 0 saturated carbocycles. The van der Waals surface area contributed by atoms with E-state index in [1.807, 2.05) is 24.3 Å². The molecule has 1 N–H and O–H groups in total. The molecule has 0 spiro atoms. The Hall–Kier alpha value is -3.25. The topological polar surface area (TPSA) is 83.4 Å². The highest BCUT2D eigenvalue weighted by Gasteiger charge is 2.34. The van der Waals surface area contributed by atoms with Crippen molar-refractivity contribution < 1.29 is 14.7 Å². The monoisotopic (exact) mass is 407 g/mol. The molecular formula is C22H18ClN3O3. The summed E-state index contributed by atoms with van der Waals surface area (Å²) >= 11 is 6.44. The van der Waals surface area contributed by atoms with Crippen molar-refractivity contribution in [3.8, 4) is 22.3 Å². The highest BCUT2D eigenvalue weighted by Crippen LogP contribution is 2.36. The number of amides is 1. The average Bonchev–Trinajstić information content (AvgIpc) is 3.24. The van der Waals surface area contributed by atoms with Gasteiger partial charge in [-0.25, -0.2) is 14.8 Å². The molecule has 6 nitrogen and oxygen atoms in total. The van der Waals surface area contributed by atoms with Gasteiger partial charge in [0.1, 0.15) is 12.4 Å². The Morgan fingerprint density at radius 3 is 2.52 bits per heavy atom. The van der Waals surface area contributed by atoms with Gasteiger partial charge in [0.2, 0.25) is 0 Å². The van der Waals surface area contributed by atoms with E-state index in [2.05, 4.69) is 9.97 Å². The van der Waals surface area contributed by atoms with Crippen LogP contribution in [0.25, 0.3) is 22.3 Å². The number of carbonyl (C=O) groups excluding carboxylic acids is 1. The quantitative estimate of drug-likeness (QED) is 0.702. The Labute approximate surface area is 172 Å². The van der Waals surface area contributed by atoms with Crippen molar-refractivity contribution in [2.75, 3.05) is 6.54 Å². The zero-order valence-electron chi connectivity index (χ0n) is 15.5. The summed E-state index contributed by atoms with van der Waals surface area (Å²) in [7, 11) is 0. The molecule has 0 aliphatic carbocycles. The number of aliphatic carboxylic acids is 1. The van der Waals surface area contributed by atoms with Gasteiger partial charge in [0.25, 0.3) is 5.91 Å². The Morgan fingerprint density at radius 2 is 1.79 bits per heavy atom. The molecule has 29 heavy (non-hydrogen) atoms. The Bertz CT molecular complexity index is 1070. The average molecular weight is 408 g/mol. The van der Waals surface area contributed by atoms with Crippen molar-refractivity contribution in [1.29, 1.82) is 0 Å². The van der Waals surface area contributed by atoms with Crippen molar-refractivity contribution in [2.24, 2.45) is 0 Å². The molecule has 0 bridgehead atoms. The summed E-state index contributed by atoms with van der Waals surface area (Å²) in [5.74, 6) is -1.26. The van der Waals surface area contributed by atoms with Gasteiger partial charge < -0.3 is 10.0 Å². The molecule has 7 heteroatoms. The lowest BCUT2D eigenvalue weighted by atomic mass is 9.93. The molecule has 0 radical (unpaired) electrons. The van der Waals surface area contributed by atoms with Gasteiger partial charge in [-0.3, -0.25) is 4.79 Å². The van der Waals surface area contributed by atoms with Crippen molar-refractivity contribution in [2.45, 2.75) is 18.9 Å². The second-order valence-corrected chi connectivity index (χ2v) is 7.27. The van der Waals surface area contributed by atoms with E-state index < -0.39 is 12.0 Å². The first-order valence-corrected chi connectivity index (χ1v) is 9.62. The summed E-state index contributed by atoms with van der Waals surface area (Å²) < 4.78 is 0. The number of nitrogens with zero attached hydrogens (tertiary/aromatic N) is 3. The molecule has 1 aliphatic rings. The van der Waals surface area contributed by atoms with Crippen molar-refractivity contribution >= 4 is 23.5 Å². The maximum atomic E-state index is 13.1. The minimum Gasteiger partial charge on any atom is -0.480 e. The van der Waals surface area contributed by atoms with Gasteiger partial charge in [-0.1, -0.05) is 35.9 Å². The van der Waals surface area contributed by atoms with Crippen LogP contribution < -0.4 is 0 Å². The van der Waals surface area contributed by atoms with E-state index in [-0.39, 0.29) is 5.91 Å². The van der Waals surface area contributed by atoms with Crippen LogP contribution in [-0.2, 0) is 4.79 Å². The summed E-state index contributed by atoms with van der Waals surface area (Å²) in [6.45, 7) is 0.436. The van der Waals surface area contributed by atoms with E-state index in [0.717, 1.165) is 22.3 Å². The molecule has 1 saturated heterocycles. The van der Waals surface area contributed by atoms with Gasteiger partial charge in [-0.2, -0.15) is 0 Å². The normalized spacial score (nSPS) is 16.0. The van der Waals surface area contributed by atoms with Crippen LogP contribution in [0, 0.1) is 0 Å². The summed E-state index contributed by atoms with van der Waals surface area (Å²) in [6, 6.07) is 11.9. The Balaban J connectivity index is 1.82. The van der Waals surface area contributed by atoms with Crippen LogP contribution in [0.4, 0.5) is 0 Å². The molecule has 1 aliphatic heterocycles. The molecule has 2 aromatic carbocycles. The van der Waals surface area contributed by atoms with Crippen LogP contribution in [0.15, 0.2) is 61.2 Å². The molecule has 3 aromatic rings. The SMILES string of the molecule is O=C(O)C1CCCN1C(=O)c1ccc(-c2cncnc2)c(-c2ccccc2Cl)c1. The zero-order valence-corrected chi connectivity index (χ0v) is 16.2. The van der Waals surface area contributed by atoms with Gasteiger partial charge in [0.15, 0.2) is 0 Å². The Kier molecular flexibility index (Phi) is 5.27. The number of hydrogen-bond acceptors (Lipinski definition) is 4. The Morgan fingerprint density at radius 1 is 1.03 bits per heavy atom. The lowest BCUT2D eigenvalue weighted by Gasteiger charge is -2.22. The largest absolute Gasteiger partial charge is 0.480 e. The third kappa shape index (κ3) is 3.71.